The molecule has 0 atom stereocenters. The standard InChI is InChI=1S/C16H24N2O3/c19-18(20)15-8-6-14(7-9-15)10-11-17-12-13-21-16-4-2-1-3-5-16/h6-9,16-17H,1-5,10-13H2. The van der Waals surface area contributed by atoms with E-state index in [1.54, 1.807) is 12.1 Å². The highest BCUT2D eigenvalue weighted by molar-refractivity contribution is 5.32. The van der Waals surface area contributed by atoms with Crippen LogP contribution in [0.15, 0.2) is 24.3 Å². The van der Waals surface area contributed by atoms with Gasteiger partial charge in [-0.15, -0.1) is 0 Å². The minimum absolute atomic E-state index is 0.146. The fourth-order valence-electron chi connectivity index (χ4n) is 2.67. The van der Waals surface area contributed by atoms with E-state index in [4.69, 9.17) is 4.74 Å². The molecule has 0 aromatic heterocycles. The Balaban J connectivity index is 1.54. The van der Waals surface area contributed by atoms with Crippen molar-refractivity contribution in [3.05, 3.63) is 39.9 Å². The number of non-ortho nitro benzene ring substituents is 1. The Kier molecular flexibility index (Phi) is 6.63. The SMILES string of the molecule is O=[N+]([O-])c1ccc(CCNCCOC2CCCCC2)cc1. The number of ether oxygens (including phenoxy) is 1. The first-order chi connectivity index (χ1) is 10.3. The monoisotopic (exact) mass is 292 g/mol. The summed E-state index contributed by atoms with van der Waals surface area (Å²) < 4.78 is 5.84. The zero-order valence-electron chi connectivity index (χ0n) is 12.4. The predicted molar refractivity (Wildman–Crippen MR) is 82.5 cm³/mol. The van der Waals surface area contributed by atoms with Crippen molar-refractivity contribution in [1.82, 2.24) is 5.32 Å². The van der Waals surface area contributed by atoms with Crippen molar-refractivity contribution in [1.29, 1.82) is 0 Å². The van der Waals surface area contributed by atoms with Gasteiger partial charge in [-0.1, -0.05) is 31.4 Å². The van der Waals surface area contributed by atoms with E-state index in [0.29, 0.717) is 6.10 Å². The third-order valence-corrected chi connectivity index (χ3v) is 3.92. The molecule has 116 valence electrons. The zero-order chi connectivity index (χ0) is 14.9. The molecule has 2 rings (SSSR count). The van der Waals surface area contributed by atoms with Gasteiger partial charge in [0.2, 0.25) is 0 Å². The van der Waals surface area contributed by atoms with E-state index in [1.807, 2.05) is 12.1 Å². The third-order valence-electron chi connectivity index (χ3n) is 3.92. The maximum absolute atomic E-state index is 10.6. The summed E-state index contributed by atoms with van der Waals surface area (Å²) >= 11 is 0. The first kappa shape index (κ1) is 15.9. The molecule has 5 heteroatoms. The van der Waals surface area contributed by atoms with Gasteiger partial charge in [0.05, 0.1) is 17.6 Å². The van der Waals surface area contributed by atoms with Crippen LogP contribution in [0.3, 0.4) is 0 Å². The fraction of sp³-hybridized carbons (Fsp3) is 0.625. The van der Waals surface area contributed by atoms with E-state index >= 15 is 0 Å². The molecule has 0 bridgehead atoms. The minimum Gasteiger partial charge on any atom is -0.377 e. The molecule has 1 N–H and O–H groups in total. The van der Waals surface area contributed by atoms with Gasteiger partial charge in [0, 0.05) is 18.7 Å². The van der Waals surface area contributed by atoms with Gasteiger partial charge in [-0.2, -0.15) is 0 Å². The van der Waals surface area contributed by atoms with Crippen LogP contribution < -0.4 is 5.32 Å². The Hall–Kier alpha value is -1.46. The van der Waals surface area contributed by atoms with Crippen molar-refractivity contribution in [3.8, 4) is 0 Å². The summed E-state index contributed by atoms with van der Waals surface area (Å²) in [7, 11) is 0. The minimum atomic E-state index is -0.370. The molecule has 1 aliphatic rings. The van der Waals surface area contributed by atoms with E-state index in [1.165, 1.54) is 32.1 Å². The van der Waals surface area contributed by atoms with Gasteiger partial charge in [-0.05, 0) is 31.4 Å². The van der Waals surface area contributed by atoms with E-state index in [2.05, 4.69) is 5.32 Å². The summed E-state index contributed by atoms with van der Waals surface area (Å²) in [5, 5.41) is 13.9. The summed E-state index contributed by atoms with van der Waals surface area (Å²) in [6, 6.07) is 6.75. The normalized spacial score (nSPS) is 16.0. The number of hydrogen-bond acceptors (Lipinski definition) is 4. The van der Waals surface area contributed by atoms with Crippen LogP contribution in [-0.2, 0) is 11.2 Å². The summed E-state index contributed by atoms with van der Waals surface area (Å²) in [6.07, 6.45) is 7.73. The van der Waals surface area contributed by atoms with Crippen LogP contribution in [0.25, 0.3) is 0 Å². The summed E-state index contributed by atoms with van der Waals surface area (Å²) in [6.45, 7) is 2.50. The lowest BCUT2D eigenvalue weighted by atomic mass is 9.98. The third kappa shape index (κ3) is 5.81. The number of nitro groups is 1. The van der Waals surface area contributed by atoms with E-state index in [-0.39, 0.29) is 10.6 Å². The van der Waals surface area contributed by atoms with Crippen LogP contribution in [0.4, 0.5) is 5.69 Å². The topological polar surface area (TPSA) is 64.4 Å². The lowest BCUT2D eigenvalue weighted by molar-refractivity contribution is -0.384. The Morgan fingerprint density at radius 2 is 1.86 bits per heavy atom. The summed E-state index contributed by atoms with van der Waals surface area (Å²) in [5.41, 5.74) is 1.26. The maximum atomic E-state index is 10.6. The second-order valence-corrected chi connectivity index (χ2v) is 5.55. The summed E-state index contributed by atoms with van der Waals surface area (Å²) in [5.74, 6) is 0. The molecular weight excluding hydrogens is 268 g/mol. The molecule has 1 saturated carbocycles. The number of benzene rings is 1. The highest BCUT2D eigenvalue weighted by Crippen LogP contribution is 2.19. The predicted octanol–water partition coefficient (Wildman–Crippen LogP) is 3.08. The molecule has 5 nitrogen and oxygen atoms in total. The van der Waals surface area contributed by atoms with Crippen molar-refractivity contribution < 1.29 is 9.66 Å². The molecule has 1 aromatic rings. The molecule has 0 aliphatic heterocycles. The second-order valence-electron chi connectivity index (χ2n) is 5.55. The lowest BCUT2D eigenvalue weighted by Crippen LogP contribution is -2.25. The van der Waals surface area contributed by atoms with Gasteiger partial charge < -0.3 is 10.1 Å². The Morgan fingerprint density at radius 1 is 1.14 bits per heavy atom. The highest BCUT2D eigenvalue weighted by Gasteiger charge is 2.12. The van der Waals surface area contributed by atoms with Crippen molar-refractivity contribution in [2.24, 2.45) is 0 Å². The maximum Gasteiger partial charge on any atom is 0.269 e. The van der Waals surface area contributed by atoms with E-state index in [9.17, 15) is 10.1 Å². The molecule has 1 aliphatic carbocycles. The van der Waals surface area contributed by atoms with Crippen molar-refractivity contribution in [3.63, 3.8) is 0 Å². The van der Waals surface area contributed by atoms with Crippen LogP contribution in [0.1, 0.15) is 37.7 Å². The average molecular weight is 292 g/mol. The Morgan fingerprint density at radius 3 is 2.52 bits per heavy atom. The van der Waals surface area contributed by atoms with Crippen LogP contribution in [0.2, 0.25) is 0 Å². The van der Waals surface area contributed by atoms with Crippen LogP contribution in [0.5, 0.6) is 0 Å². The Bertz CT molecular complexity index is 428. The molecule has 1 fully saturated rings. The lowest BCUT2D eigenvalue weighted by Gasteiger charge is -2.22. The average Bonchev–Trinajstić information content (AvgIpc) is 2.52. The molecule has 0 unspecified atom stereocenters. The molecule has 0 saturated heterocycles. The molecule has 0 amide bonds. The molecular formula is C16H24N2O3. The van der Waals surface area contributed by atoms with Crippen LogP contribution >= 0.6 is 0 Å². The van der Waals surface area contributed by atoms with Crippen molar-refractivity contribution >= 4 is 5.69 Å². The zero-order valence-corrected chi connectivity index (χ0v) is 12.4. The van der Waals surface area contributed by atoms with Gasteiger partial charge in [-0.25, -0.2) is 0 Å². The highest BCUT2D eigenvalue weighted by atomic mass is 16.6. The molecule has 0 spiro atoms. The molecule has 0 radical (unpaired) electrons. The number of nitrogens with zero attached hydrogens (tertiary/aromatic N) is 1. The second kappa shape index (κ2) is 8.74. The van der Waals surface area contributed by atoms with E-state index < -0.39 is 0 Å². The van der Waals surface area contributed by atoms with Crippen molar-refractivity contribution in [2.45, 2.75) is 44.6 Å². The molecule has 0 heterocycles. The smallest absolute Gasteiger partial charge is 0.269 e. The van der Waals surface area contributed by atoms with Gasteiger partial charge in [0.15, 0.2) is 0 Å². The van der Waals surface area contributed by atoms with Crippen molar-refractivity contribution in [2.75, 3.05) is 19.7 Å². The van der Waals surface area contributed by atoms with Gasteiger partial charge >= 0.3 is 0 Å². The quantitative estimate of drug-likeness (QED) is 0.454. The molecule has 1 aromatic carbocycles. The number of rotatable bonds is 8. The molecule has 21 heavy (non-hydrogen) atoms. The Labute approximate surface area is 125 Å². The first-order valence-corrected chi connectivity index (χ1v) is 7.81. The van der Waals surface area contributed by atoms with Crippen LogP contribution in [-0.4, -0.2) is 30.7 Å². The fourth-order valence-corrected chi connectivity index (χ4v) is 2.67. The summed E-state index contributed by atoms with van der Waals surface area (Å²) in [4.78, 5) is 10.2. The van der Waals surface area contributed by atoms with Gasteiger partial charge in [0.25, 0.3) is 5.69 Å². The van der Waals surface area contributed by atoms with Crippen LogP contribution in [0, 0.1) is 10.1 Å². The number of nitrogens with one attached hydrogen (secondary N) is 1. The van der Waals surface area contributed by atoms with E-state index in [0.717, 1.165) is 31.7 Å². The largest absolute Gasteiger partial charge is 0.377 e. The number of nitro benzene ring substituents is 1. The van der Waals surface area contributed by atoms with Gasteiger partial charge in [0.1, 0.15) is 0 Å². The van der Waals surface area contributed by atoms with Gasteiger partial charge in [-0.3, -0.25) is 10.1 Å². The first-order valence-electron chi connectivity index (χ1n) is 7.81. The number of hydrogen-bond donors (Lipinski definition) is 1.